The van der Waals surface area contributed by atoms with E-state index in [1.54, 1.807) is 7.05 Å². The molecule has 0 aliphatic carbocycles. The van der Waals surface area contributed by atoms with E-state index in [0.29, 0.717) is 19.1 Å². The van der Waals surface area contributed by atoms with Crippen molar-refractivity contribution in [1.82, 2.24) is 5.32 Å². The van der Waals surface area contributed by atoms with E-state index < -0.39 is 5.54 Å². The average molecular weight is 232 g/mol. The molecule has 1 N–H and O–H groups in total. The van der Waals surface area contributed by atoms with Crippen molar-refractivity contribution < 1.29 is 4.74 Å². The summed E-state index contributed by atoms with van der Waals surface area (Å²) in [5.41, 5.74) is 0.185. The molecule has 0 aliphatic rings. The molecule has 0 heterocycles. The van der Waals surface area contributed by atoms with Gasteiger partial charge in [0, 0.05) is 6.61 Å². The zero-order valence-corrected chi connectivity index (χ0v) is 10.7. The molecule has 92 valence electrons. The van der Waals surface area contributed by atoms with Gasteiger partial charge in [0.15, 0.2) is 5.54 Å². The zero-order valence-electron chi connectivity index (χ0n) is 10.7. The fourth-order valence-corrected chi connectivity index (χ4v) is 1.62. The number of nitrogens with one attached hydrogen (secondary N) is 1. The Morgan fingerprint density at radius 1 is 1.35 bits per heavy atom. The first-order chi connectivity index (χ1) is 8.14. The molecule has 1 rings (SSSR count). The van der Waals surface area contributed by atoms with Crippen LogP contribution in [0.4, 0.5) is 0 Å². The second-order valence-electron chi connectivity index (χ2n) is 4.54. The van der Waals surface area contributed by atoms with Crippen molar-refractivity contribution in [2.75, 3.05) is 20.3 Å². The average Bonchev–Trinajstić information content (AvgIpc) is 2.36. The topological polar surface area (TPSA) is 45.0 Å². The molecule has 0 fully saturated rings. The predicted octanol–water partition coefficient (Wildman–Crippen LogP) is 2.30. The minimum atomic E-state index is -0.754. The maximum absolute atomic E-state index is 9.40. The molecule has 0 aliphatic heterocycles. The van der Waals surface area contributed by atoms with Gasteiger partial charge in [-0.1, -0.05) is 44.2 Å². The molecular weight excluding hydrogens is 212 g/mol. The van der Waals surface area contributed by atoms with E-state index in [9.17, 15) is 5.26 Å². The summed E-state index contributed by atoms with van der Waals surface area (Å²) < 4.78 is 5.61. The molecule has 3 heteroatoms. The Morgan fingerprint density at radius 2 is 2.00 bits per heavy atom. The molecule has 17 heavy (non-hydrogen) atoms. The lowest BCUT2D eigenvalue weighted by molar-refractivity contribution is 0.0728. The van der Waals surface area contributed by atoms with Gasteiger partial charge in [-0.2, -0.15) is 5.26 Å². The fourth-order valence-electron chi connectivity index (χ4n) is 1.62. The standard InChI is InChI=1S/C14H20N2O/c1-12(2)9-17-11-14(10-15,16-3)13-7-5-4-6-8-13/h4-8,12,16H,9,11H2,1-3H3. The molecule has 1 atom stereocenters. The monoisotopic (exact) mass is 232 g/mol. The first kappa shape index (κ1) is 13.7. The van der Waals surface area contributed by atoms with Crippen molar-refractivity contribution in [1.29, 1.82) is 5.26 Å². The quantitative estimate of drug-likeness (QED) is 0.818. The summed E-state index contributed by atoms with van der Waals surface area (Å²) in [4.78, 5) is 0. The minimum absolute atomic E-state index is 0.363. The van der Waals surface area contributed by atoms with E-state index in [4.69, 9.17) is 4.74 Å². The number of nitriles is 1. The minimum Gasteiger partial charge on any atom is -0.378 e. The van der Waals surface area contributed by atoms with Gasteiger partial charge in [-0.15, -0.1) is 0 Å². The highest BCUT2D eigenvalue weighted by Gasteiger charge is 2.30. The lowest BCUT2D eigenvalue weighted by Gasteiger charge is -2.26. The van der Waals surface area contributed by atoms with E-state index >= 15 is 0 Å². The summed E-state index contributed by atoms with van der Waals surface area (Å²) in [5, 5.41) is 12.5. The molecular formula is C14H20N2O. The molecule has 0 radical (unpaired) electrons. The number of likely N-dealkylation sites (N-methyl/N-ethyl adjacent to an activating group) is 1. The molecule has 0 amide bonds. The highest BCUT2D eigenvalue weighted by molar-refractivity contribution is 5.31. The van der Waals surface area contributed by atoms with Gasteiger partial charge < -0.3 is 4.74 Å². The number of hydrogen-bond donors (Lipinski definition) is 1. The maximum atomic E-state index is 9.40. The normalized spacial score (nSPS) is 14.3. The van der Waals surface area contributed by atoms with Crippen LogP contribution in [0.3, 0.4) is 0 Å². The van der Waals surface area contributed by atoms with E-state index in [0.717, 1.165) is 5.56 Å². The van der Waals surface area contributed by atoms with E-state index in [-0.39, 0.29) is 0 Å². The van der Waals surface area contributed by atoms with Crippen LogP contribution in [0.25, 0.3) is 0 Å². The van der Waals surface area contributed by atoms with Gasteiger partial charge >= 0.3 is 0 Å². The molecule has 0 saturated heterocycles. The third kappa shape index (κ3) is 3.55. The highest BCUT2D eigenvalue weighted by atomic mass is 16.5. The van der Waals surface area contributed by atoms with Crippen LogP contribution in [-0.4, -0.2) is 20.3 Å². The molecule has 0 spiro atoms. The first-order valence-corrected chi connectivity index (χ1v) is 5.88. The Labute approximate surface area is 103 Å². The van der Waals surface area contributed by atoms with Crippen LogP contribution in [0.2, 0.25) is 0 Å². The van der Waals surface area contributed by atoms with Crippen LogP contribution >= 0.6 is 0 Å². The van der Waals surface area contributed by atoms with Crippen molar-refractivity contribution >= 4 is 0 Å². The molecule has 1 unspecified atom stereocenters. The molecule has 1 aromatic rings. The SMILES string of the molecule is CNC(C#N)(COCC(C)C)c1ccccc1. The predicted molar refractivity (Wildman–Crippen MR) is 68.4 cm³/mol. The fraction of sp³-hybridized carbons (Fsp3) is 0.500. The van der Waals surface area contributed by atoms with E-state index in [1.807, 2.05) is 30.3 Å². The number of hydrogen-bond acceptors (Lipinski definition) is 3. The van der Waals surface area contributed by atoms with Gasteiger partial charge in [-0.05, 0) is 18.5 Å². The first-order valence-electron chi connectivity index (χ1n) is 5.88. The number of nitrogens with zero attached hydrogens (tertiary/aromatic N) is 1. The van der Waals surface area contributed by atoms with Crippen molar-refractivity contribution in [3.8, 4) is 6.07 Å². The Bertz CT molecular complexity index is 370. The summed E-state index contributed by atoms with van der Waals surface area (Å²) in [6.07, 6.45) is 0. The molecule has 3 nitrogen and oxygen atoms in total. The number of ether oxygens (including phenoxy) is 1. The van der Waals surface area contributed by atoms with E-state index in [1.165, 1.54) is 0 Å². The molecule has 0 bridgehead atoms. The highest BCUT2D eigenvalue weighted by Crippen LogP contribution is 2.20. The number of benzene rings is 1. The third-order valence-corrected chi connectivity index (χ3v) is 2.65. The molecule has 1 aromatic carbocycles. The Kier molecular flexibility index (Phi) is 5.14. The van der Waals surface area contributed by atoms with Crippen molar-refractivity contribution in [3.05, 3.63) is 35.9 Å². The van der Waals surface area contributed by atoms with Crippen molar-refractivity contribution in [3.63, 3.8) is 0 Å². The second kappa shape index (κ2) is 6.39. The van der Waals surface area contributed by atoms with Crippen LogP contribution in [0, 0.1) is 17.2 Å². The van der Waals surface area contributed by atoms with Crippen molar-refractivity contribution in [2.45, 2.75) is 19.4 Å². The summed E-state index contributed by atoms with van der Waals surface area (Å²) in [7, 11) is 1.79. The third-order valence-electron chi connectivity index (χ3n) is 2.65. The van der Waals surface area contributed by atoms with Crippen molar-refractivity contribution in [2.24, 2.45) is 5.92 Å². The van der Waals surface area contributed by atoms with Crippen LogP contribution in [0.1, 0.15) is 19.4 Å². The molecule has 0 aromatic heterocycles. The zero-order chi connectivity index (χ0) is 12.7. The van der Waals surface area contributed by atoms with Crippen LogP contribution in [0.5, 0.6) is 0 Å². The lowest BCUT2D eigenvalue weighted by atomic mass is 9.92. The van der Waals surface area contributed by atoms with Crippen LogP contribution in [0.15, 0.2) is 30.3 Å². The Hall–Kier alpha value is -1.37. The van der Waals surface area contributed by atoms with Gasteiger partial charge in [0.25, 0.3) is 0 Å². The van der Waals surface area contributed by atoms with E-state index in [2.05, 4.69) is 25.2 Å². The summed E-state index contributed by atoms with van der Waals surface area (Å²) in [6, 6.07) is 12.0. The smallest absolute Gasteiger partial charge is 0.155 e. The van der Waals surface area contributed by atoms with Crippen LogP contribution < -0.4 is 5.32 Å². The Morgan fingerprint density at radius 3 is 2.47 bits per heavy atom. The largest absolute Gasteiger partial charge is 0.378 e. The Balaban J connectivity index is 2.80. The summed E-state index contributed by atoms with van der Waals surface area (Å²) in [6.45, 7) is 5.21. The summed E-state index contributed by atoms with van der Waals surface area (Å²) >= 11 is 0. The number of rotatable bonds is 6. The lowest BCUT2D eigenvalue weighted by Crippen LogP contribution is -2.43. The van der Waals surface area contributed by atoms with Gasteiger partial charge in [0.2, 0.25) is 0 Å². The van der Waals surface area contributed by atoms with Gasteiger partial charge in [-0.25, -0.2) is 0 Å². The van der Waals surface area contributed by atoms with Gasteiger partial charge in [0.1, 0.15) is 0 Å². The maximum Gasteiger partial charge on any atom is 0.155 e. The second-order valence-corrected chi connectivity index (χ2v) is 4.54. The van der Waals surface area contributed by atoms with Gasteiger partial charge in [-0.3, -0.25) is 5.32 Å². The van der Waals surface area contributed by atoms with Gasteiger partial charge in [0.05, 0.1) is 12.7 Å². The van der Waals surface area contributed by atoms with Crippen LogP contribution in [-0.2, 0) is 10.3 Å². The summed E-state index contributed by atoms with van der Waals surface area (Å²) in [5.74, 6) is 0.471. The molecule has 0 saturated carbocycles.